The number of rotatable bonds is 4. The summed E-state index contributed by atoms with van der Waals surface area (Å²) in [6, 6.07) is 7.03. The Bertz CT molecular complexity index is 691. The van der Waals surface area contributed by atoms with Crippen molar-refractivity contribution in [3.8, 4) is 0 Å². The molecule has 1 aliphatic heterocycles. The molecule has 1 aromatic carbocycles. The fraction of sp³-hybridized carbons (Fsp3) is 0.526. The summed E-state index contributed by atoms with van der Waals surface area (Å²) < 4.78 is 0. The second-order valence-corrected chi connectivity index (χ2v) is 7.07. The normalized spacial score (nSPS) is 22.2. The van der Waals surface area contributed by atoms with Crippen LogP contribution in [0, 0.1) is 5.92 Å². The van der Waals surface area contributed by atoms with Crippen LogP contribution in [0.15, 0.2) is 24.3 Å². The second kappa shape index (κ2) is 8.21. The quantitative estimate of drug-likeness (QED) is 0.771. The fourth-order valence-electron chi connectivity index (χ4n) is 3.60. The van der Waals surface area contributed by atoms with Crippen molar-refractivity contribution in [1.29, 1.82) is 0 Å². The molecule has 7 heteroatoms. The SMILES string of the molecule is C[C@@H]1CCCC[C@@H]1NC(=O)CCNC(=O)N1CC(=O)Nc2ccccc21. The number of hydrogen-bond donors (Lipinski definition) is 3. The number of nitrogens with one attached hydrogen (secondary N) is 3. The Morgan fingerprint density at radius 2 is 2.00 bits per heavy atom. The van der Waals surface area contributed by atoms with Gasteiger partial charge in [-0.3, -0.25) is 14.5 Å². The predicted octanol–water partition coefficient (Wildman–Crippen LogP) is 2.24. The van der Waals surface area contributed by atoms with E-state index in [9.17, 15) is 14.4 Å². The Morgan fingerprint density at radius 1 is 1.23 bits per heavy atom. The van der Waals surface area contributed by atoms with Crippen molar-refractivity contribution in [2.45, 2.75) is 45.1 Å². The molecule has 0 aromatic heterocycles. The summed E-state index contributed by atoms with van der Waals surface area (Å²) in [5.74, 6) is 0.231. The fourth-order valence-corrected chi connectivity index (χ4v) is 3.60. The van der Waals surface area contributed by atoms with Crippen LogP contribution in [-0.4, -0.2) is 37.0 Å². The first-order valence-corrected chi connectivity index (χ1v) is 9.28. The number of benzene rings is 1. The van der Waals surface area contributed by atoms with Crippen LogP contribution >= 0.6 is 0 Å². The van der Waals surface area contributed by atoms with E-state index in [0.29, 0.717) is 17.3 Å². The van der Waals surface area contributed by atoms with Crippen molar-refractivity contribution in [2.75, 3.05) is 23.3 Å². The molecule has 1 saturated carbocycles. The molecule has 0 bridgehead atoms. The van der Waals surface area contributed by atoms with E-state index in [-0.39, 0.29) is 43.4 Å². The maximum absolute atomic E-state index is 12.4. The molecular weight excluding hydrogens is 332 g/mol. The van der Waals surface area contributed by atoms with E-state index in [1.165, 1.54) is 11.3 Å². The van der Waals surface area contributed by atoms with E-state index in [0.717, 1.165) is 19.3 Å². The number of carbonyl (C=O) groups is 3. The average molecular weight is 358 g/mol. The zero-order chi connectivity index (χ0) is 18.5. The van der Waals surface area contributed by atoms with Crippen LogP contribution in [0.2, 0.25) is 0 Å². The van der Waals surface area contributed by atoms with Crippen LogP contribution in [0.5, 0.6) is 0 Å². The minimum absolute atomic E-state index is 0.0331. The highest BCUT2D eigenvalue weighted by molar-refractivity contribution is 6.09. The van der Waals surface area contributed by atoms with Gasteiger partial charge in [0.25, 0.3) is 0 Å². The monoisotopic (exact) mass is 358 g/mol. The third-order valence-electron chi connectivity index (χ3n) is 5.10. The predicted molar refractivity (Wildman–Crippen MR) is 100.0 cm³/mol. The largest absolute Gasteiger partial charge is 0.353 e. The summed E-state index contributed by atoms with van der Waals surface area (Å²) in [4.78, 5) is 37.7. The van der Waals surface area contributed by atoms with Gasteiger partial charge in [0, 0.05) is 19.0 Å². The van der Waals surface area contributed by atoms with Crippen LogP contribution < -0.4 is 20.9 Å². The van der Waals surface area contributed by atoms with Gasteiger partial charge in [-0.25, -0.2) is 4.79 Å². The maximum Gasteiger partial charge on any atom is 0.322 e. The zero-order valence-electron chi connectivity index (χ0n) is 15.1. The van der Waals surface area contributed by atoms with E-state index in [2.05, 4.69) is 22.9 Å². The number of anilines is 2. The van der Waals surface area contributed by atoms with Crippen LogP contribution in [0.4, 0.5) is 16.2 Å². The Morgan fingerprint density at radius 3 is 2.81 bits per heavy atom. The van der Waals surface area contributed by atoms with E-state index in [4.69, 9.17) is 0 Å². The van der Waals surface area contributed by atoms with Gasteiger partial charge in [0.2, 0.25) is 11.8 Å². The molecule has 1 aliphatic carbocycles. The van der Waals surface area contributed by atoms with Gasteiger partial charge < -0.3 is 16.0 Å². The van der Waals surface area contributed by atoms with Crippen LogP contribution in [0.3, 0.4) is 0 Å². The highest BCUT2D eigenvalue weighted by Gasteiger charge is 2.27. The minimum Gasteiger partial charge on any atom is -0.353 e. The molecule has 0 radical (unpaired) electrons. The molecule has 140 valence electrons. The lowest BCUT2D eigenvalue weighted by atomic mass is 9.86. The standard InChI is InChI=1S/C19H26N4O3/c1-13-6-2-3-7-14(13)21-17(24)10-11-20-19(26)23-12-18(25)22-15-8-4-5-9-16(15)23/h4-5,8-9,13-14H,2-3,6-7,10-12H2,1H3,(H,20,26)(H,21,24)(H,22,25)/t13-,14+/m1/s1. The van der Waals surface area contributed by atoms with Crippen LogP contribution in [0.1, 0.15) is 39.0 Å². The summed E-state index contributed by atoms with van der Waals surface area (Å²) in [5, 5.41) is 8.56. The van der Waals surface area contributed by atoms with Gasteiger partial charge in [-0.05, 0) is 30.9 Å². The number of para-hydroxylation sites is 2. The summed E-state index contributed by atoms with van der Waals surface area (Å²) in [6.45, 7) is 2.38. The molecule has 26 heavy (non-hydrogen) atoms. The van der Waals surface area contributed by atoms with Gasteiger partial charge in [-0.15, -0.1) is 0 Å². The van der Waals surface area contributed by atoms with Crippen molar-refractivity contribution in [1.82, 2.24) is 10.6 Å². The molecule has 2 aliphatic rings. The molecule has 1 aromatic rings. The van der Waals surface area contributed by atoms with Crippen molar-refractivity contribution in [2.24, 2.45) is 5.92 Å². The lowest BCUT2D eigenvalue weighted by Gasteiger charge is -2.30. The van der Waals surface area contributed by atoms with Gasteiger partial charge in [0.15, 0.2) is 0 Å². The molecule has 2 atom stereocenters. The van der Waals surface area contributed by atoms with E-state index in [1.807, 2.05) is 6.07 Å². The van der Waals surface area contributed by atoms with E-state index >= 15 is 0 Å². The van der Waals surface area contributed by atoms with E-state index in [1.54, 1.807) is 18.2 Å². The topological polar surface area (TPSA) is 90.5 Å². The second-order valence-electron chi connectivity index (χ2n) is 7.07. The van der Waals surface area contributed by atoms with Crippen molar-refractivity contribution < 1.29 is 14.4 Å². The van der Waals surface area contributed by atoms with Gasteiger partial charge in [0.05, 0.1) is 11.4 Å². The molecule has 1 heterocycles. The Labute approximate surface area is 153 Å². The van der Waals surface area contributed by atoms with Gasteiger partial charge in [0.1, 0.15) is 6.54 Å². The number of urea groups is 1. The van der Waals surface area contributed by atoms with E-state index < -0.39 is 0 Å². The summed E-state index contributed by atoms with van der Waals surface area (Å²) in [7, 11) is 0. The van der Waals surface area contributed by atoms with Gasteiger partial charge in [-0.2, -0.15) is 0 Å². The molecular formula is C19H26N4O3. The Balaban J connectivity index is 1.48. The number of carbonyl (C=O) groups excluding carboxylic acids is 3. The number of fused-ring (bicyclic) bond motifs is 1. The van der Waals surface area contributed by atoms with Crippen molar-refractivity contribution in [3.05, 3.63) is 24.3 Å². The molecule has 0 unspecified atom stereocenters. The first kappa shape index (κ1) is 18.2. The highest BCUT2D eigenvalue weighted by atomic mass is 16.2. The van der Waals surface area contributed by atoms with Gasteiger partial charge >= 0.3 is 6.03 Å². The third kappa shape index (κ3) is 4.33. The van der Waals surface area contributed by atoms with Crippen LogP contribution in [-0.2, 0) is 9.59 Å². The van der Waals surface area contributed by atoms with Crippen molar-refractivity contribution >= 4 is 29.2 Å². The molecule has 0 spiro atoms. The lowest BCUT2D eigenvalue weighted by Crippen LogP contribution is -2.48. The average Bonchev–Trinajstić information content (AvgIpc) is 2.62. The zero-order valence-corrected chi connectivity index (χ0v) is 15.1. The van der Waals surface area contributed by atoms with Gasteiger partial charge in [-0.1, -0.05) is 31.9 Å². The van der Waals surface area contributed by atoms with Crippen molar-refractivity contribution in [3.63, 3.8) is 0 Å². The summed E-state index contributed by atoms with van der Waals surface area (Å²) in [6.07, 6.45) is 4.80. The number of hydrogen-bond acceptors (Lipinski definition) is 3. The van der Waals surface area contributed by atoms with Crippen LogP contribution in [0.25, 0.3) is 0 Å². The Hall–Kier alpha value is -2.57. The smallest absolute Gasteiger partial charge is 0.322 e. The summed E-state index contributed by atoms with van der Waals surface area (Å²) >= 11 is 0. The highest BCUT2D eigenvalue weighted by Crippen LogP contribution is 2.28. The molecule has 1 fully saturated rings. The minimum atomic E-state index is -0.369. The Kier molecular flexibility index (Phi) is 5.75. The lowest BCUT2D eigenvalue weighted by molar-refractivity contribution is -0.122. The summed E-state index contributed by atoms with van der Waals surface area (Å²) in [5.41, 5.74) is 1.27. The molecule has 3 rings (SSSR count). The molecule has 7 nitrogen and oxygen atoms in total. The molecule has 4 amide bonds. The third-order valence-corrected chi connectivity index (χ3v) is 5.10. The first-order chi connectivity index (χ1) is 12.5. The molecule has 0 saturated heterocycles. The number of amides is 4. The first-order valence-electron chi connectivity index (χ1n) is 9.28. The maximum atomic E-state index is 12.4. The molecule has 3 N–H and O–H groups in total. The number of nitrogens with zero attached hydrogens (tertiary/aromatic N) is 1.